The summed E-state index contributed by atoms with van der Waals surface area (Å²) in [5.41, 5.74) is 6.98. The Kier molecular flexibility index (Phi) is 4.22. The fourth-order valence-corrected chi connectivity index (χ4v) is 2.35. The van der Waals surface area contributed by atoms with E-state index in [2.05, 4.69) is 0 Å². The summed E-state index contributed by atoms with van der Waals surface area (Å²) in [6.07, 6.45) is 4.71. The van der Waals surface area contributed by atoms with E-state index < -0.39 is 0 Å². The Morgan fingerprint density at radius 1 is 1.31 bits per heavy atom. The molecule has 2 rings (SSSR count). The van der Waals surface area contributed by atoms with Crippen LogP contribution in [-0.2, 0) is 11.3 Å². The smallest absolute Gasteiger partial charge is 0.0735 e. The summed E-state index contributed by atoms with van der Waals surface area (Å²) >= 11 is 6.07. The lowest BCUT2D eigenvalue weighted by molar-refractivity contribution is 0.0123. The molecule has 1 fully saturated rings. The Balaban J connectivity index is 1.85. The topological polar surface area (TPSA) is 35.2 Å². The van der Waals surface area contributed by atoms with Crippen LogP contribution in [0.25, 0.3) is 0 Å². The van der Waals surface area contributed by atoms with Gasteiger partial charge in [-0.2, -0.15) is 0 Å². The average molecular weight is 240 g/mol. The Hall–Kier alpha value is -0.570. The minimum absolute atomic E-state index is 0.306. The van der Waals surface area contributed by atoms with Gasteiger partial charge in [0.1, 0.15) is 0 Å². The van der Waals surface area contributed by atoms with Gasteiger partial charge in [-0.3, -0.25) is 0 Å². The maximum absolute atomic E-state index is 6.07. The highest BCUT2D eigenvalue weighted by Crippen LogP contribution is 2.22. The van der Waals surface area contributed by atoms with Crippen LogP contribution >= 0.6 is 11.6 Å². The van der Waals surface area contributed by atoms with Gasteiger partial charge in [0.15, 0.2) is 0 Å². The highest BCUT2D eigenvalue weighted by Gasteiger charge is 2.19. The molecule has 0 aliphatic heterocycles. The molecule has 2 unspecified atom stereocenters. The van der Waals surface area contributed by atoms with Crippen molar-refractivity contribution in [1.82, 2.24) is 0 Å². The second kappa shape index (κ2) is 5.67. The monoisotopic (exact) mass is 239 g/mol. The van der Waals surface area contributed by atoms with Crippen molar-refractivity contribution < 1.29 is 4.74 Å². The minimum Gasteiger partial charge on any atom is -0.373 e. The normalized spacial score (nSPS) is 25.6. The zero-order chi connectivity index (χ0) is 11.4. The average Bonchev–Trinajstić information content (AvgIpc) is 2.28. The van der Waals surface area contributed by atoms with Gasteiger partial charge >= 0.3 is 0 Å². The molecule has 16 heavy (non-hydrogen) atoms. The van der Waals surface area contributed by atoms with E-state index in [0.29, 0.717) is 18.8 Å². The second-order valence-corrected chi connectivity index (χ2v) is 4.86. The van der Waals surface area contributed by atoms with Crippen LogP contribution in [0.1, 0.15) is 31.2 Å². The Morgan fingerprint density at radius 2 is 2.12 bits per heavy atom. The molecule has 0 spiro atoms. The summed E-state index contributed by atoms with van der Waals surface area (Å²) < 4.78 is 5.86. The third kappa shape index (κ3) is 3.21. The molecule has 0 heterocycles. The second-order valence-electron chi connectivity index (χ2n) is 4.45. The molecule has 3 heteroatoms. The lowest BCUT2D eigenvalue weighted by atomic mass is 9.93. The van der Waals surface area contributed by atoms with Gasteiger partial charge in [-0.15, -0.1) is 0 Å². The van der Waals surface area contributed by atoms with Crippen molar-refractivity contribution in [3.8, 4) is 0 Å². The van der Waals surface area contributed by atoms with Crippen LogP contribution in [0.4, 0.5) is 0 Å². The number of nitrogens with two attached hydrogens (primary N) is 1. The van der Waals surface area contributed by atoms with Crippen molar-refractivity contribution in [2.75, 3.05) is 0 Å². The Morgan fingerprint density at radius 3 is 2.88 bits per heavy atom. The highest BCUT2D eigenvalue weighted by molar-refractivity contribution is 6.31. The van der Waals surface area contributed by atoms with Gasteiger partial charge in [-0.25, -0.2) is 0 Å². The van der Waals surface area contributed by atoms with Gasteiger partial charge in [0.05, 0.1) is 12.7 Å². The number of benzene rings is 1. The van der Waals surface area contributed by atoms with E-state index in [4.69, 9.17) is 22.1 Å². The molecule has 0 amide bonds. The first-order valence-electron chi connectivity index (χ1n) is 5.86. The standard InChI is InChI=1S/C13H18ClNO/c14-13-7-2-1-4-10(13)9-16-12-6-3-5-11(15)8-12/h1-2,4,7,11-12H,3,5-6,8-9,15H2. The van der Waals surface area contributed by atoms with Crippen LogP contribution in [-0.4, -0.2) is 12.1 Å². The molecule has 1 aromatic rings. The maximum Gasteiger partial charge on any atom is 0.0735 e. The van der Waals surface area contributed by atoms with Crippen LogP contribution < -0.4 is 5.73 Å². The molecule has 88 valence electrons. The predicted molar refractivity (Wildman–Crippen MR) is 66.5 cm³/mol. The van der Waals surface area contributed by atoms with Crippen molar-refractivity contribution in [1.29, 1.82) is 0 Å². The minimum atomic E-state index is 0.306. The summed E-state index contributed by atoms with van der Waals surface area (Å²) in [6, 6.07) is 8.13. The molecule has 1 saturated carbocycles. The van der Waals surface area contributed by atoms with E-state index >= 15 is 0 Å². The fraction of sp³-hybridized carbons (Fsp3) is 0.538. The lowest BCUT2D eigenvalue weighted by Gasteiger charge is -2.26. The van der Waals surface area contributed by atoms with Gasteiger partial charge in [0, 0.05) is 11.1 Å². The number of ether oxygens (including phenoxy) is 1. The van der Waals surface area contributed by atoms with Crippen molar-refractivity contribution in [2.24, 2.45) is 5.73 Å². The van der Waals surface area contributed by atoms with Crippen LogP contribution in [0.3, 0.4) is 0 Å². The Labute approximate surface area is 102 Å². The summed E-state index contributed by atoms with van der Waals surface area (Å²) in [4.78, 5) is 0. The Bertz CT molecular complexity index is 342. The molecule has 0 saturated heterocycles. The lowest BCUT2D eigenvalue weighted by Crippen LogP contribution is -2.32. The molecule has 1 aromatic carbocycles. The van der Waals surface area contributed by atoms with Crippen molar-refractivity contribution in [3.63, 3.8) is 0 Å². The van der Waals surface area contributed by atoms with Crippen molar-refractivity contribution >= 4 is 11.6 Å². The fourth-order valence-electron chi connectivity index (χ4n) is 2.16. The molecule has 1 aliphatic carbocycles. The summed E-state index contributed by atoms with van der Waals surface area (Å²) in [5.74, 6) is 0. The first-order chi connectivity index (χ1) is 7.75. The highest BCUT2D eigenvalue weighted by atomic mass is 35.5. The molecule has 2 atom stereocenters. The molecule has 2 nitrogen and oxygen atoms in total. The number of halogens is 1. The van der Waals surface area contributed by atoms with Crippen LogP contribution in [0.15, 0.2) is 24.3 Å². The van der Waals surface area contributed by atoms with Crippen molar-refractivity contribution in [2.45, 2.75) is 44.4 Å². The first kappa shape index (κ1) is 11.9. The van der Waals surface area contributed by atoms with E-state index in [9.17, 15) is 0 Å². The van der Waals surface area contributed by atoms with Gasteiger partial charge in [0.2, 0.25) is 0 Å². The first-order valence-corrected chi connectivity index (χ1v) is 6.24. The van der Waals surface area contributed by atoms with Crippen LogP contribution in [0.5, 0.6) is 0 Å². The quantitative estimate of drug-likeness (QED) is 0.880. The molecule has 1 aliphatic rings. The summed E-state index contributed by atoms with van der Waals surface area (Å²) in [5, 5.41) is 0.780. The van der Waals surface area contributed by atoms with Crippen LogP contribution in [0.2, 0.25) is 5.02 Å². The predicted octanol–water partition coefficient (Wildman–Crippen LogP) is 3.13. The zero-order valence-corrected chi connectivity index (χ0v) is 10.1. The largest absolute Gasteiger partial charge is 0.373 e. The van der Waals surface area contributed by atoms with Gasteiger partial charge < -0.3 is 10.5 Å². The van der Waals surface area contributed by atoms with E-state index in [1.807, 2.05) is 24.3 Å². The SMILES string of the molecule is NC1CCCC(OCc2ccccc2Cl)C1. The summed E-state index contributed by atoms with van der Waals surface area (Å²) in [6.45, 7) is 0.594. The van der Waals surface area contributed by atoms with E-state index in [0.717, 1.165) is 29.8 Å². The maximum atomic E-state index is 6.07. The van der Waals surface area contributed by atoms with Crippen LogP contribution in [0, 0.1) is 0 Å². The van der Waals surface area contributed by atoms with E-state index in [-0.39, 0.29) is 0 Å². The summed E-state index contributed by atoms with van der Waals surface area (Å²) in [7, 11) is 0. The third-order valence-corrected chi connectivity index (χ3v) is 3.47. The molecular formula is C13H18ClNO. The number of rotatable bonds is 3. The molecule has 0 bridgehead atoms. The molecule has 2 N–H and O–H groups in total. The number of hydrogen-bond donors (Lipinski definition) is 1. The number of hydrogen-bond acceptors (Lipinski definition) is 2. The molecule has 0 aromatic heterocycles. The van der Waals surface area contributed by atoms with Gasteiger partial charge in [-0.05, 0) is 37.3 Å². The zero-order valence-electron chi connectivity index (χ0n) is 9.36. The van der Waals surface area contributed by atoms with Gasteiger partial charge in [0.25, 0.3) is 0 Å². The van der Waals surface area contributed by atoms with Gasteiger partial charge in [-0.1, -0.05) is 29.8 Å². The van der Waals surface area contributed by atoms with Crippen molar-refractivity contribution in [3.05, 3.63) is 34.9 Å². The third-order valence-electron chi connectivity index (χ3n) is 3.10. The van der Waals surface area contributed by atoms with E-state index in [1.54, 1.807) is 0 Å². The molecule has 0 radical (unpaired) electrons. The van der Waals surface area contributed by atoms with E-state index in [1.165, 1.54) is 6.42 Å². The molecular weight excluding hydrogens is 222 g/mol.